The molecule has 0 atom stereocenters. The Morgan fingerprint density at radius 1 is 1.03 bits per heavy atom. The maximum Gasteiger partial charge on any atom is 0.278 e. The van der Waals surface area contributed by atoms with Gasteiger partial charge in [0, 0.05) is 24.9 Å². The summed E-state index contributed by atoms with van der Waals surface area (Å²) >= 11 is 0. The number of methoxy groups -OCH3 is 1. The highest BCUT2D eigenvalue weighted by atomic mass is 16.5. The third-order valence-electron chi connectivity index (χ3n) is 4.82. The van der Waals surface area contributed by atoms with E-state index in [9.17, 15) is 9.59 Å². The maximum atomic E-state index is 13.2. The first-order valence-corrected chi connectivity index (χ1v) is 10.1. The van der Waals surface area contributed by atoms with Crippen molar-refractivity contribution in [3.8, 4) is 5.75 Å². The number of aryl methyl sites for hydroxylation is 1. The van der Waals surface area contributed by atoms with E-state index in [4.69, 9.17) is 9.47 Å². The highest BCUT2D eigenvalue weighted by Crippen LogP contribution is 2.31. The molecule has 158 valence electrons. The number of ether oxygens (including phenoxy) is 2. The van der Waals surface area contributed by atoms with E-state index in [1.165, 1.54) is 4.90 Å². The van der Waals surface area contributed by atoms with Crippen LogP contribution >= 0.6 is 0 Å². The van der Waals surface area contributed by atoms with Crippen molar-refractivity contribution in [2.24, 2.45) is 0 Å². The van der Waals surface area contributed by atoms with Gasteiger partial charge in [0.05, 0.1) is 18.8 Å². The molecule has 3 rings (SSSR count). The van der Waals surface area contributed by atoms with Crippen molar-refractivity contribution in [2.45, 2.75) is 33.3 Å². The molecule has 1 aliphatic heterocycles. The normalized spacial score (nSPS) is 14.1. The van der Waals surface area contributed by atoms with Gasteiger partial charge in [-0.05, 0) is 44.9 Å². The van der Waals surface area contributed by atoms with E-state index >= 15 is 0 Å². The minimum absolute atomic E-state index is 0.113. The van der Waals surface area contributed by atoms with Gasteiger partial charge in [-0.25, -0.2) is 0 Å². The molecular weight excluding hydrogens is 380 g/mol. The van der Waals surface area contributed by atoms with Gasteiger partial charge in [-0.15, -0.1) is 0 Å². The molecule has 0 radical (unpaired) electrons. The number of rotatable bonds is 9. The van der Waals surface area contributed by atoms with E-state index in [-0.39, 0.29) is 23.6 Å². The Bertz CT molecular complexity index is 948. The Balaban J connectivity index is 1.90. The standard InChI is InChI=1S/C24H28N2O4/c1-16(2)30-14-6-13-26-23(27)21(18-11-9-17(3)10-12-18)22(24(26)28)25-19-7-5-8-20(15-19)29-4/h5,7-12,15-16,25H,6,13-14H2,1-4H3. The summed E-state index contributed by atoms with van der Waals surface area (Å²) in [6.07, 6.45) is 0.699. The van der Waals surface area contributed by atoms with E-state index in [2.05, 4.69) is 5.32 Å². The van der Waals surface area contributed by atoms with Crippen LogP contribution in [0.2, 0.25) is 0 Å². The summed E-state index contributed by atoms with van der Waals surface area (Å²) in [6.45, 7) is 6.70. The molecule has 1 aliphatic rings. The fraction of sp³-hybridized carbons (Fsp3) is 0.333. The summed E-state index contributed by atoms with van der Waals surface area (Å²) in [5, 5.41) is 3.15. The minimum atomic E-state index is -0.331. The van der Waals surface area contributed by atoms with E-state index in [0.29, 0.717) is 42.1 Å². The molecule has 30 heavy (non-hydrogen) atoms. The average molecular weight is 408 g/mol. The summed E-state index contributed by atoms with van der Waals surface area (Å²) in [4.78, 5) is 27.7. The largest absolute Gasteiger partial charge is 0.497 e. The number of anilines is 1. The van der Waals surface area contributed by atoms with Gasteiger partial charge in [-0.1, -0.05) is 35.9 Å². The molecule has 0 bridgehead atoms. The molecule has 0 aromatic heterocycles. The number of hydrogen-bond donors (Lipinski definition) is 1. The van der Waals surface area contributed by atoms with Gasteiger partial charge in [0.1, 0.15) is 11.4 Å². The van der Waals surface area contributed by atoms with Crippen LogP contribution < -0.4 is 10.1 Å². The Morgan fingerprint density at radius 3 is 2.43 bits per heavy atom. The van der Waals surface area contributed by atoms with E-state index in [1.54, 1.807) is 13.2 Å². The Labute approximate surface area is 177 Å². The van der Waals surface area contributed by atoms with Gasteiger partial charge in [-0.2, -0.15) is 0 Å². The SMILES string of the molecule is COc1cccc(NC2=C(c3ccc(C)cc3)C(=O)N(CCCOC(C)C)C2=O)c1. The van der Waals surface area contributed by atoms with E-state index in [1.807, 2.05) is 63.2 Å². The number of amides is 2. The van der Waals surface area contributed by atoms with Gasteiger partial charge in [0.25, 0.3) is 11.8 Å². The van der Waals surface area contributed by atoms with Crippen LogP contribution in [0, 0.1) is 6.92 Å². The molecule has 1 heterocycles. The van der Waals surface area contributed by atoms with Gasteiger partial charge < -0.3 is 14.8 Å². The van der Waals surface area contributed by atoms with Crippen LogP contribution in [-0.2, 0) is 14.3 Å². The van der Waals surface area contributed by atoms with Crippen molar-refractivity contribution in [1.82, 2.24) is 4.90 Å². The lowest BCUT2D eigenvalue weighted by atomic mass is 10.0. The molecule has 0 spiro atoms. The van der Waals surface area contributed by atoms with Crippen molar-refractivity contribution >= 4 is 23.1 Å². The fourth-order valence-electron chi connectivity index (χ4n) is 3.27. The number of nitrogens with zero attached hydrogens (tertiary/aromatic N) is 1. The second kappa shape index (κ2) is 9.59. The molecule has 2 aromatic carbocycles. The van der Waals surface area contributed by atoms with Crippen molar-refractivity contribution in [3.63, 3.8) is 0 Å². The first kappa shape index (κ1) is 21.6. The summed E-state index contributed by atoms with van der Waals surface area (Å²) in [7, 11) is 1.58. The van der Waals surface area contributed by atoms with Gasteiger partial charge in [-0.3, -0.25) is 14.5 Å². The smallest absolute Gasteiger partial charge is 0.278 e. The molecule has 0 aliphatic carbocycles. The molecule has 2 amide bonds. The molecule has 0 unspecified atom stereocenters. The molecule has 6 nitrogen and oxygen atoms in total. The zero-order valence-electron chi connectivity index (χ0n) is 17.9. The zero-order valence-corrected chi connectivity index (χ0v) is 17.9. The summed E-state index contributed by atoms with van der Waals surface area (Å²) in [6, 6.07) is 14.9. The van der Waals surface area contributed by atoms with Crippen molar-refractivity contribution in [1.29, 1.82) is 0 Å². The van der Waals surface area contributed by atoms with Crippen molar-refractivity contribution in [2.75, 3.05) is 25.6 Å². The quantitative estimate of drug-likeness (QED) is 0.502. The van der Waals surface area contributed by atoms with Gasteiger partial charge in [0.2, 0.25) is 0 Å². The fourth-order valence-corrected chi connectivity index (χ4v) is 3.27. The lowest BCUT2D eigenvalue weighted by Crippen LogP contribution is -2.34. The average Bonchev–Trinajstić information content (AvgIpc) is 2.96. The van der Waals surface area contributed by atoms with Crippen molar-refractivity contribution in [3.05, 3.63) is 65.4 Å². The maximum absolute atomic E-state index is 13.2. The summed E-state index contributed by atoms with van der Waals surface area (Å²) in [5.41, 5.74) is 3.14. The number of carbonyl (C=O) groups excluding carboxylic acids is 2. The Morgan fingerprint density at radius 2 is 1.77 bits per heavy atom. The van der Waals surface area contributed by atoms with Gasteiger partial charge in [0.15, 0.2) is 0 Å². The highest BCUT2D eigenvalue weighted by Gasteiger charge is 2.38. The number of carbonyl (C=O) groups is 2. The topological polar surface area (TPSA) is 67.9 Å². The second-order valence-corrected chi connectivity index (χ2v) is 7.51. The van der Waals surface area contributed by atoms with Crippen LogP contribution in [0.25, 0.3) is 5.57 Å². The second-order valence-electron chi connectivity index (χ2n) is 7.51. The third-order valence-corrected chi connectivity index (χ3v) is 4.82. The summed E-state index contributed by atoms with van der Waals surface area (Å²) < 4.78 is 10.8. The van der Waals surface area contributed by atoms with Crippen LogP contribution in [0.15, 0.2) is 54.2 Å². The van der Waals surface area contributed by atoms with Crippen LogP contribution in [0.3, 0.4) is 0 Å². The molecular formula is C24H28N2O4. The monoisotopic (exact) mass is 408 g/mol. The van der Waals surface area contributed by atoms with E-state index in [0.717, 1.165) is 5.56 Å². The van der Waals surface area contributed by atoms with Crippen molar-refractivity contribution < 1.29 is 19.1 Å². The van der Waals surface area contributed by atoms with E-state index < -0.39 is 0 Å². The first-order valence-electron chi connectivity index (χ1n) is 10.1. The lowest BCUT2D eigenvalue weighted by molar-refractivity contribution is -0.137. The molecule has 0 saturated heterocycles. The predicted molar refractivity (Wildman–Crippen MR) is 117 cm³/mol. The van der Waals surface area contributed by atoms with Crippen LogP contribution in [-0.4, -0.2) is 43.1 Å². The first-order chi connectivity index (χ1) is 14.4. The molecule has 1 N–H and O–H groups in total. The minimum Gasteiger partial charge on any atom is -0.497 e. The number of benzene rings is 2. The van der Waals surface area contributed by atoms with Gasteiger partial charge >= 0.3 is 0 Å². The molecule has 0 saturated carbocycles. The Kier molecular flexibility index (Phi) is 6.90. The number of nitrogens with one attached hydrogen (secondary N) is 1. The van der Waals surface area contributed by atoms with Crippen LogP contribution in [0.1, 0.15) is 31.4 Å². The molecule has 2 aromatic rings. The third kappa shape index (κ3) is 4.89. The lowest BCUT2D eigenvalue weighted by Gasteiger charge is -2.16. The predicted octanol–water partition coefficient (Wildman–Crippen LogP) is 4.01. The highest BCUT2D eigenvalue weighted by molar-refractivity contribution is 6.36. The Hall–Kier alpha value is -3.12. The number of imide groups is 1. The van der Waals surface area contributed by atoms with Crippen LogP contribution in [0.4, 0.5) is 5.69 Å². The number of hydrogen-bond acceptors (Lipinski definition) is 5. The van der Waals surface area contributed by atoms with Crippen LogP contribution in [0.5, 0.6) is 5.75 Å². The molecule has 0 fully saturated rings. The summed E-state index contributed by atoms with van der Waals surface area (Å²) in [5.74, 6) is 0.0405. The zero-order chi connectivity index (χ0) is 21.7. The molecule has 6 heteroatoms.